The van der Waals surface area contributed by atoms with Gasteiger partial charge in [0.1, 0.15) is 0 Å². The lowest BCUT2D eigenvalue weighted by molar-refractivity contribution is -0.113. The third-order valence-electron chi connectivity index (χ3n) is 5.11. The van der Waals surface area contributed by atoms with Gasteiger partial charge in [-0.25, -0.2) is 4.79 Å². The van der Waals surface area contributed by atoms with Crippen LogP contribution in [0.1, 0.15) is 52.0 Å². The first kappa shape index (κ1) is 25.0. The molecule has 1 aromatic heterocycles. The zero-order valence-corrected chi connectivity index (χ0v) is 20.2. The maximum atomic E-state index is 12.8. The van der Waals surface area contributed by atoms with Crippen molar-refractivity contribution >= 4 is 35.2 Å². The van der Waals surface area contributed by atoms with Gasteiger partial charge in [0.2, 0.25) is 5.91 Å². The summed E-state index contributed by atoms with van der Waals surface area (Å²) >= 11 is 1.20. The van der Waals surface area contributed by atoms with Crippen LogP contribution in [0.2, 0.25) is 0 Å². The highest BCUT2D eigenvalue weighted by molar-refractivity contribution is 7.99. The summed E-state index contributed by atoms with van der Waals surface area (Å²) in [6.45, 7) is 5.91. The van der Waals surface area contributed by atoms with Crippen molar-refractivity contribution in [3.05, 3.63) is 71.0 Å². The summed E-state index contributed by atoms with van der Waals surface area (Å²) < 4.78 is 1.77. The van der Waals surface area contributed by atoms with Crippen molar-refractivity contribution < 1.29 is 19.5 Å². The van der Waals surface area contributed by atoms with E-state index in [4.69, 9.17) is 5.11 Å². The fourth-order valence-electron chi connectivity index (χ4n) is 3.32. The highest BCUT2D eigenvalue weighted by Crippen LogP contribution is 2.25. The monoisotopic (exact) mass is 481 g/mol. The molecule has 178 valence electrons. The van der Waals surface area contributed by atoms with Gasteiger partial charge in [-0.3, -0.25) is 9.59 Å². The zero-order chi connectivity index (χ0) is 24.8. The van der Waals surface area contributed by atoms with E-state index in [-0.39, 0.29) is 35.1 Å². The van der Waals surface area contributed by atoms with Crippen LogP contribution in [0.3, 0.4) is 0 Å². The number of aryl methyl sites for hydroxylation is 1. The van der Waals surface area contributed by atoms with E-state index < -0.39 is 5.97 Å². The van der Waals surface area contributed by atoms with E-state index >= 15 is 0 Å². The van der Waals surface area contributed by atoms with Crippen molar-refractivity contribution in [2.75, 3.05) is 11.1 Å². The van der Waals surface area contributed by atoms with Gasteiger partial charge in [0.15, 0.2) is 11.0 Å². The Morgan fingerprint density at radius 1 is 1.06 bits per heavy atom. The summed E-state index contributed by atoms with van der Waals surface area (Å²) in [6.07, 6.45) is 0. The molecular formula is C24H27N5O4S. The first-order valence-electron chi connectivity index (χ1n) is 10.7. The zero-order valence-electron chi connectivity index (χ0n) is 19.4. The number of aromatic nitrogens is 3. The number of rotatable bonds is 9. The Bertz CT molecular complexity index is 1210. The van der Waals surface area contributed by atoms with E-state index in [1.165, 1.54) is 23.9 Å². The second-order valence-corrected chi connectivity index (χ2v) is 9.13. The molecule has 3 rings (SSSR count). The van der Waals surface area contributed by atoms with E-state index in [9.17, 15) is 14.4 Å². The summed E-state index contributed by atoms with van der Waals surface area (Å²) in [5.74, 6) is -0.850. The molecule has 9 nitrogen and oxygen atoms in total. The van der Waals surface area contributed by atoms with Gasteiger partial charge in [0.25, 0.3) is 5.91 Å². The molecule has 1 heterocycles. The molecule has 1 unspecified atom stereocenters. The van der Waals surface area contributed by atoms with E-state index in [1.54, 1.807) is 29.8 Å². The summed E-state index contributed by atoms with van der Waals surface area (Å²) in [4.78, 5) is 36.3. The Balaban J connectivity index is 1.66. The largest absolute Gasteiger partial charge is 0.478 e. The van der Waals surface area contributed by atoms with Crippen LogP contribution in [0.5, 0.6) is 0 Å². The molecule has 10 heteroatoms. The molecular weight excluding hydrogens is 454 g/mol. The van der Waals surface area contributed by atoms with Crippen molar-refractivity contribution in [2.24, 2.45) is 13.0 Å². The Morgan fingerprint density at radius 2 is 1.76 bits per heavy atom. The van der Waals surface area contributed by atoms with Crippen molar-refractivity contribution in [1.29, 1.82) is 0 Å². The third-order valence-corrected chi connectivity index (χ3v) is 6.13. The molecule has 1 atom stereocenters. The molecule has 3 N–H and O–H groups in total. The number of aromatic carboxylic acids is 1. The standard InChI is InChI=1S/C24H27N5O4S/c1-14(2)20(26-22(31)16-8-5-7-15(3)11-16)21-27-28-24(29(21)4)34-13-19(30)25-18-10-6-9-17(12-18)23(32)33/h5-12,14,20H,13H2,1-4H3,(H,25,30)(H,26,31)(H,32,33). The van der Waals surface area contributed by atoms with Gasteiger partial charge >= 0.3 is 5.97 Å². The number of hydrogen-bond acceptors (Lipinski definition) is 6. The number of carboxylic acids is 1. The fraction of sp³-hybridized carbons (Fsp3) is 0.292. The van der Waals surface area contributed by atoms with Gasteiger partial charge in [-0.15, -0.1) is 10.2 Å². The number of anilines is 1. The van der Waals surface area contributed by atoms with E-state index in [0.29, 0.717) is 22.2 Å². The van der Waals surface area contributed by atoms with Crippen LogP contribution in [-0.4, -0.2) is 43.4 Å². The Kier molecular flexibility index (Phi) is 8.06. The van der Waals surface area contributed by atoms with Crippen LogP contribution in [-0.2, 0) is 11.8 Å². The van der Waals surface area contributed by atoms with E-state index in [1.807, 2.05) is 39.0 Å². The highest BCUT2D eigenvalue weighted by Gasteiger charge is 2.25. The highest BCUT2D eigenvalue weighted by atomic mass is 32.2. The number of nitrogens with zero attached hydrogens (tertiary/aromatic N) is 3. The Morgan fingerprint density at radius 3 is 2.44 bits per heavy atom. The smallest absolute Gasteiger partial charge is 0.335 e. The molecule has 0 radical (unpaired) electrons. The summed E-state index contributed by atoms with van der Waals surface area (Å²) in [6, 6.07) is 13.0. The first-order chi connectivity index (χ1) is 16.2. The number of benzene rings is 2. The normalized spacial score (nSPS) is 11.8. The lowest BCUT2D eigenvalue weighted by atomic mass is 10.0. The molecule has 0 fully saturated rings. The van der Waals surface area contributed by atoms with Crippen LogP contribution in [0.4, 0.5) is 5.69 Å². The molecule has 0 aliphatic heterocycles. The number of hydrogen-bond donors (Lipinski definition) is 3. The molecule has 0 bridgehead atoms. The Labute approximate surface area is 202 Å². The number of nitrogens with one attached hydrogen (secondary N) is 2. The number of carbonyl (C=O) groups is 3. The van der Waals surface area contributed by atoms with Crippen molar-refractivity contribution in [2.45, 2.75) is 32.0 Å². The van der Waals surface area contributed by atoms with Crippen LogP contribution in [0.25, 0.3) is 0 Å². The van der Waals surface area contributed by atoms with Gasteiger partial charge in [0, 0.05) is 18.3 Å². The van der Waals surface area contributed by atoms with Crippen molar-refractivity contribution in [3.63, 3.8) is 0 Å². The second kappa shape index (κ2) is 11.0. The molecule has 2 amide bonds. The topological polar surface area (TPSA) is 126 Å². The minimum Gasteiger partial charge on any atom is -0.478 e. The second-order valence-electron chi connectivity index (χ2n) is 8.19. The molecule has 0 aliphatic carbocycles. The number of amides is 2. The third kappa shape index (κ3) is 6.22. The van der Waals surface area contributed by atoms with Crippen molar-refractivity contribution in [1.82, 2.24) is 20.1 Å². The molecule has 34 heavy (non-hydrogen) atoms. The minimum absolute atomic E-state index is 0.0549. The van der Waals surface area contributed by atoms with Gasteiger partial charge in [0.05, 0.1) is 17.4 Å². The van der Waals surface area contributed by atoms with Gasteiger partial charge in [-0.1, -0.05) is 49.4 Å². The van der Waals surface area contributed by atoms with Crippen LogP contribution < -0.4 is 10.6 Å². The SMILES string of the molecule is Cc1cccc(C(=O)NC(c2nnc(SCC(=O)Nc3cccc(C(=O)O)c3)n2C)C(C)C)c1. The van der Waals surface area contributed by atoms with Gasteiger partial charge in [-0.05, 0) is 43.2 Å². The summed E-state index contributed by atoms with van der Waals surface area (Å²) in [5.41, 5.74) is 2.07. The van der Waals surface area contributed by atoms with Crippen molar-refractivity contribution in [3.8, 4) is 0 Å². The van der Waals surface area contributed by atoms with Gasteiger partial charge in [-0.2, -0.15) is 0 Å². The average Bonchev–Trinajstić information content (AvgIpc) is 3.15. The maximum absolute atomic E-state index is 12.8. The molecule has 0 aliphatic rings. The molecule has 2 aromatic carbocycles. The van der Waals surface area contributed by atoms with Crippen LogP contribution in [0.15, 0.2) is 53.7 Å². The van der Waals surface area contributed by atoms with Gasteiger partial charge < -0.3 is 20.3 Å². The number of carboxylic acid groups (broad SMARTS) is 1. The summed E-state index contributed by atoms with van der Waals surface area (Å²) in [5, 5.41) is 23.8. The fourth-order valence-corrected chi connectivity index (χ4v) is 4.04. The Hall–Kier alpha value is -3.66. The maximum Gasteiger partial charge on any atom is 0.335 e. The molecule has 0 spiro atoms. The average molecular weight is 482 g/mol. The van der Waals surface area contributed by atoms with Crippen LogP contribution >= 0.6 is 11.8 Å². The minimum atomic E-state index is -1.06. The summed E-state index contributed by atoms with van der Waals surface area (Å²) in [7, 11) is 1.79. The molecule has 3 aromatic rings. The number of thioether (sulfide) groups is 1. The lowest BCUT2D eigenvalue weighted by Gasteiger charge is -2.21. The first-order valence-corrected chi connectivity index (χ1v) is 11.7. The predicted octanol–water partition coefficient (Wildman–Crippen LogP) is 3.68. The molecule has 0 saturated heterocycles. The predicted molar refractivity (Wildman–Crippen MR) is 130 cm³/mol. The number of carbonyl (C=O) groups excluding carboxylic acids is 2. The lowest BCUT2D eigenvalue weighted by Crippen LogP contribution is -2.33. The van der Waals surface area contributed by atoms with Crippen LogP contribution in [0, 0.1) is 12.8 Å². The van der Waals surface area contributed by atoms with E-state index in [0.717, 1.165) is 5.56 Å². The molecule has 0 saturated carbocycles. The quantitative estimate of drug-likeness (QED) is 0.398. The van der Waals surface area contributed by atoms with E-state index in [2.05, 4.69) is 20.8 Å².